The molecule has 0 aliphatic rings. The van der Waals surface area contributed by atoms with E-state index in [1.165, 1.54) is 6.92 Å². The molecule has 1 amide bonds. The molecule has 0 fully saturated rings. The van der Waals surface area contributed by atoms with E-state index >= 15 is 0 Å². The predicted octanol–water partition coefficient (Wildman–Crippen LogP) is 0.911. The molecule has 0 aliphatic heterocycles. The normalized spacial score (nSPS) is 11.5. The van der Waals surface area contributed by atoms with Gasteiger partial charge in [0.05, 0.1) is 0 Å². The number of hydrogen-bond donors (Lipinski definition) is 1. The number of methoxy groups -OCH3 is 1. The Morgan fingerprint density at radius 1 is 1.45 bits per heavy atom. The van der Waals surface area contributed by atoms with Gasteiger partial charge in [-0.15, -0.1) is 11.3 Å². The van der Waals surface area contributed by atoms with Crippen LogP contribution in [0.15, 0.2) is 21.7 Å². The first-order chi connectivity index (χ1) is 9.47. The molecule has 0 radical (unpaired) electrons. The first-order valence-corrected chi connectivity index (χ1v) is 8.61. The van der Waals surface area contributed by atoms with Crippen LogP contribution in [-0.2, 0) is 19.6 Å². The Balaban J connectivity index is 2.42. The van der Waals surface area contributed by atoms with Crippen molar-refractivity contribution in [2.75, 3.05) is 33.4 Å². The maximum absolute atomic E-state index is 11.9. The summed E-state index contributed by atoms with van der Waals surface area (Å²) in [5.74, 6) is -0.0728. The highest BCUT2D eigenvalue weighted by atomic mass is 32.2. The van der Waals surface area contributed by atoms with E-state index in [-0.39, 0.29) is 16.7 Å². The van der Waals surface area contributed by atoms with Crippen molar-refractivity contribution in [1.82, 2.24) is 9.62 Å². The van der Waals surface area contributed by atoms with Gasteiger partial charge < -0.3 is 9.64 Å². The second-order valence-corrected chi connectivity index (χ2v) is 7.12. The van der Waals surface area contributed by atoms with E-state index in [0.717, 1.165) is 17.8 Å². The van der Waals surface area contributed by atoms with Crippen molar-refractivity contribution in [3.8, 4) is 0 Å². The minimum atomic E-state index is -3.46. The number of rotatable bonds is 9. The van der Waals surface area contributed by atoms with E-state index in [4.69, 9.17) is 4.74 Å². The fourth-order valence-corrected chi connectivity index (χ4v) is 3.69. The van der Waals surface area contributed by atoms with E-state index in [0.29, 0.717) is 19.7 Å². The molecule has 0 saturated heterocycles. The maximum Gasteiger partial charge on any atom is 0.250 e. The summed E-state index contributed by atoms with van der Waals surface area (Å²) in [5.41, 5.74) is 0. The van der Waals surface area contributed by atoms with Crippen molar-refractivity contribution in [3.63, 3.8) is 0 Å². The summed E-state index contributed by atoms with van der Waals surface area (Å²) in [4.78, 5) is 13.0. The van der Waals surface area contributed by atoms with Gasteiger partial charge >= 0.3 is 0 Å². The zero-order valence-electron chi connectivity index (χ0n) is 11.7. The smallest absolute Gasteiger partial charge is 0.250 e. The molecule has 1 aromatic heterocycles. The van der Waals surface area contributed by atoms with Gasteiger partial charge in [-0.1, -0.05) is 6.07 Å². The lowest BCUT2D eigenvalue weighted by Gasteiger charge is -2.20. The number of ether oxygens (including phenoxy) is 1. The van der Waals surface area contributed by atoms with E-state index < -0.39 is 10.0 Å². The largest absolute Gasteiger partial charge is 0.385 e. The Labute approximate surface area is 123 Å². The van der Waals surface area contributed by atoms with E-state index in [9.17, 15) is 13.2 Å². The van der Waals surface area contributed by atoms with Crippen LogP contribution in [0.25, 0.3) is 0 Å². The summed E-state index contributed by atoms with van der Waals surface area (Å²) in [6.07, 6.45) is 0.730. The van der Waals surface area contributed by atoms with Gasteiger partial charge in [0.1, 0.15) is 4.21 Å². The molecule has 1 aromatic rings. The Bertz CT molecular complexity index is 500. The van der Waals surface area contributed by atoms with Crippen LogP contribution in [0.4, 0.5) is 0 Å². The van der Waals surface area contributed by atoms with Crippen molar-refractivity contribution >= 4 is 27.3 Å². The van der Waals surface area contributed by atoms with Gasteiger partial charge in [-0.25, -0.2) is 13.1 Å². The molecule has 0 saturated carbocycles. The second-order valence-electron chi connectivity index (χ2n) is 4.18. The molecule has 1 rings (SSSR count). The van der Waals surface area contributed by atoms with Crippen molar-refractivity contribution in [3.05, 3.63) is 17.5 Å². The fourth-order valence-electron chi connectivity index (χ4n) is 1.63. The van der Waals surface area contributed by atoms with E-state index in [1.807, 2.05) is 0 Å². The molecule has 0 aliphatic carbocycles. The summed E-state index contributed by atoms with van der Waals surface area (Å²) >= 11 is 1.16. The first-order valence-electron chi connectivity index (χ1n) is 6.25. The highest BCUT2D eigenvalue weighted by Gasteiger charge is 2.15. The molecule has 0 unspecified atom stereocenters. The second kappa shape index (κ2) is 8.35. The molecule has 0 aromatic carbocycles. The molecule has 8 heteroatoms. The van der Waals surface area contributed by atoms with Gasteiger partial charge in [0.25, 0.3) is 0 Å². The highest BCUT2D eigenvalue weighted by molar-refractivity contribution is 7.91. The minimum absolute atomic E-state index is 0.0728. The average Bonchev–Trinajstić information content (AvgIpc) is 2.91. The number of nitrogens with zero attached hydrogens (tertiary/aromatic N) is 1. The number of sulfonamides is 1. The zero-order valence-corrected chi connectivity index (χ0v) is 13.3. The van der Waals surface area contributed by atoms with Crippen LogP contribution in [0.2, 0.25) is 0 Å². The third kappa shape index (κ3) is 5.58. The quantitative estimate of drug-likeness (QED) is 0.686. The van der Waals surface area contributed by atoms with Gasteiger partial charge in [0.15, 0.2) is 0 Å². The number of hydrogen-bond acceptors (Lipinski definition) is 5. The first kappa shape index (κ1) is 17.1. The van der Waals surface area contributed by atoms with Gasteiger partial charge in [0.2, 0.25) is 15.9 Å². The topological polar surface area (TPSA) is 75.7 Å². The highest BCUT2D eigenvalue weighted by Crippen LogP contribution is 2.14. The Morgan fingerprint density at radius 3 is 2.75 bits per heavy atom. The van der Waals surface area contributed by atoms with Crippen molar-refractivity contribution in [1.29, 1.82) is 0 Å². The molecule has 1 N–H and O–H groups in total. The van der Waals surface area contributed by atoms with Gasteiger partial charge in [-0.2, -0.15) is 0 Å². The molecule has 114 valence electrons. The van der Waals surface area contributed by atoms with Crippen LogP contribution < -0.4 is 4.72 Å². The maximum atomic E-state index is 11.9. The number of amides is 1. The van der Waals surface area contributed by atoms with Crippen LogP contribution in [0.5, 0.6) is 0 Å². The monoisotopic (exact) mass is 320 g/mol. The van der Waals surface area contributed by atoms with Gasteiger partial charge in [-0.05, 0) is 17.9 Å². The number of carbonyl (C=O) groups is 1. The third-order valence-electron chi connectivity index (χ3n) is 2.66. The third-order valence-corrected chi connectivity index (χ3v) is 5.51. The average molecular weight is 320 g/mol. The molecule has 6 nitrogen and oxygen atoms in total. The molecule has 0 bridgehead atoms. The Hall–Kier alpha value is -0.960. The molecular formula is C12H20N2O4S2. The van der Waals surface area contributed by atoms with Crippen molar-refractivity contribution < 1.29 is 17.9 Å². The predicted molar refractivity (Wildman–Crippen MR) is 78.3 cm³/mol. The van der Waals surface area contributed by atoms with Crippen LogP contribution in [0.1, 0.15) is 13.3 Å². The molecule has 20 heavy (non-hydrogen) atoms. The lowest BCUT2D eigenvalue weighted by Crippen LogP contribution is -2.38. The summed E-state index contributed by atoms with van der Waals surface area (Å²) in [5, 5.41) is 1.71. The standard InChI is InChI=1S/C12H20N2O4S2/c1-11(15)14(7-4-9-18-2)8-6-13-20(16,17)12-5-3-10-19-12/h3,5,10,13H,4,6-9H2,1-2H3. The lowest BCUT2D eigenvalue weighted by atomic mass is 10.4. The number of thiophene rings is 1. The van der Waals surface area contributed by atoms with Crippen LogP contribution in [0.3, 0.4) is 0 Å². The lowest BCUT2D eigenvalue weighted by molar-refractivity contribution is -0.128. The van der Waals surface area contributed by atoms with Gasteiger partial charge in [-0.3, -0.25) is 4.79 Å². The van der Waals surface area contributed by atoms with E-state index in [1.54, 1.807) is 29.5 Å². The zero-order chi connectivity index (χ0) is 15.0. The molecule has 0 spiro atoms. The van der Waals surface area contributed by atoms with Gasteiger partial charge in [0, 0.05) is 40.3 Å². The summed E-state index contributed by atoms with van der Waals surface area (Å²) in [6, 6.07) is 3.24. The van der Waals surface area contributed by atoms with Crippen LogP contribution in [0, 0.1) is 0 Å². The van der Waals surface area contributed by atoms with Crippen LogP contribution in [-0.4, -0.2) is 52.6 Å². The van der Waals surface area contributed by atoms with Crippen LogP contribution >= 0.6 is 11.3 Å². The minimum Gasteiger partial charge on any atom is -0.385 e. The Kier molecular flexibility index (Phi) is 7.14. The summed E-state index contributed by atoms with van der Waals surface area (Å²) < 4.78 is 31.5. The molecule has 0 atom stereocenters. The molecular weight excluding hydrogens is 300 g/mol. The summed E-state index contributed by atoms with van der Waals surface area (Å²) in [6.45, 7) is 3.16. The molecule has 1 heterocycles. The fraction of sp³-hybridized carbons (Fsp3) is 0.583. The van der Waals surface area contributed by atoms with Crippen molar-refractivity contribution in [2.45, 2.75) is 17.6 Å². The Morgan fingerprint density at radius 2 is 2.20 bits per heavy atom. The number of carbonyl (C=O) groups excluding carboxylic acids is 1. The van der Waals surface area contributed by atoms with E-state index in [2.05, 4.69) is 4.72 Å². The summed E-state index contributed by atoms with van der Waals surface area (Å²) in [7, 11) is -1.85. The number of nitrogens with one attached hydrogen (secondary N) is 1. The SMILES string of the molecule is COCCCN(CCNS(=O)(=O)c1cccs1)C(C)=O. The van der Waals surface area contributed by atoms with Crippen molar-refractivity contribution in [2.24, 2.45) is 0 Å².